The fraction of sp³-hybridized carbons (Fsp3) is 0.231. The third-order valence-electron chi connectivity index (χ3n) is 5.21. The van der Waals surface area contributed by atoms with Gasteiger partial charge in [-0.3, -0.25) is 9.52 Å². The van der Waals surface area contributed by atoms with E-state index in [2.05, 4.69) is 14.8 Å². The van der Waals surface area contributed by atoms with Crippen LogP contribution in [-0.2, 0) is 40.7 Å². The third-order valence-corrected chi connectivity index (χ3v) is 8.29. The maximum Gasteiger partial charge on any atom is 0.324 e. The van der Waals surface area contributed by atoms with Gasteiger partial charge in [-0.15, -0.1) is 0 Å². The van der Waals surface area contributed by atoms with Crippen LogP contribution in [0.1, 0.15) is 19.4 Å². The predicted molar refractivity (Wildman–Crippen MR) is 152 cm³/mol. The summed E-state index contributed by atoms with van der Waals surface area (Å²) in [6.07, 6.45) is -0.0747. The molecule has 0 saturated carbocycles. The number of ether oxygens (including phenoxy) is 2. The first-order valence-electron chi connectivity index (χ1n) is 11.9. The molecule has 0 aliphatic heterocycles. The van der Waals surface area contributed by atoms with Crippen LogP contribution in [0.15, 0.2) is 88.7 Å². The number of hydrogen-bond acceptors (Lipinski definition) is 8. The molecule has 0 heterocycles. The van der Waals surface area contributed by atoms with E-state index < -0.39 is 32.1 Å². The SMILES string of the molecule is CCOC(=O)C(Cc1cccc(NS(=O)(=O)c2cccc(NC(=S)OCC)c2)c1)NS(=O)(=O)c1ccccc1. The lowest BCUT2D eigenvalue weighted by atomic mass is 10.1. The number of hydrogen-bond donors (Lipinski definition) is 3. The molecular formula is C26H29N3O7S3. The Labute approximate surface area is 233 Å². The van der Waals surface area contributed by atoms with Gasteiger partial charge in [0.15, 0.2) is 0 Å². The topological polar surface area (TPSA) is 140 Å². The molecule has 208 valence electrons. The van der Waals surface area contributed by atoms with Gasteiger partial charge in [-0.2, -0.15) is 4.72 Å². The molecule has 3 N–H and O–H groups in total. The van der Waals surface area contributed by atoms with Gasteiger partial charge in [0.2, 0.25) is 10.0 Å². The first-order valence-corrected chi connectivity index (χ1v) is 15.3. The normalized spacial score (nSPS) is 12.3. The van der Waals surface area contributed by atoms with Crippen molar-refractivity contribution in [2.75, 3.05) is 23.3 Å². The van der Waals surface area contributed by atoms with Crippen molar-refractivity contribution in [2.24, 2.45) is 0 Å². The van der Waals surface area contributed by atoms with E-state index in [1.807, 2.05) is 0 Å². The predicted octanol–water partition coefficient (Wildman–Crippen LogP) is 3.67. The molecule has 1 unspecified atom stereocenters. The molecular weight excluding hydrogens is 563 g/mol. The zero-order valence-corrected chi connectivity index (χ0v) is 23.7. The molecule has 0 amide bonds. The summed E-state index contributed by atoms with van der Waals surface area (Å²) < 4.78 is 67.0. The van der Waals surface area contributed by atoms with E-state index in [0.29, 0.717) is 17.9 Å². The van der Waals surface area contributed by atoms with Gasteiger partial charge in [0, 0.05) is 11.4 Å². The van der Waals surface area contributed by atoms with Crippen LogP contribution in [0.25, 0.3) is 0 Å². The van der Waals surface area contributed by atoms with Crippen LogP contribution < -0.4 is 14.8 Å². The van der Waals surface area contributed by atoms with Gasteiger partial charge in [0.25, 0.3) is 15.2 Å². The average Bonchev–Trinajstić information content (AvgIpc) is 2.89. The smallest absolute Gasteiger partial charge is 0.324 e. The van der Waals surface area contributed by atoms with Crippen molar-refractivity contribution in [1.29, 1.82) is 0 Å². The van der Waals surface area contributed by atoms with E-state index in [1.54, 1.807) is 62.4 Å². The van der Waals surface area contributed by atoms with Gasteiger partial charge >= 0.3 is 5.97 Å². The van der Waals surface area contributed by atoms with E-state index >= 15 is 0 Å². The number of benzene rings is 3. The lowest BCUT2D eigenvalue weighted by Crippen LogP contribution is -2.43. The van der Waals surface area contributed by atoms with Gasteiger partial charge in [0.05, 0.1) is 23.0 Å². The molecule has 0 saturated heterocycles. The average molecular weight is 592 g/mol. The monoisotopic (exact) mass is 591 g/mol. The third kappa shape index (κ3) is 8.75. The summed E-state index contributed by atoms with van der Waals surface area (Å²) in [6, 6.07) is 18.8. The number of nitrogens with one attached hydrogen (secondary N) is 3. The fourth-order valence-electron chi connectivity index (χ4n) is 3.51. The Morgan fingerprint density at radius 2 is 1.44 bits per heavy atom. The molecule has 0 radical (unpaired) electrons. The van der Waals surface area contributed by atoms with Gasteiger partial charge in [-0.25, -0.2) is 16.8 Å². The second-order valence-electron chi connectivity index (χ2n) is 8.12. The lowest BCUT2D eigenvalue weighted by Gasteiger charge is -2.18. The van der Waals surface area contributed by atoms with E-state index in [0.717, 1.165) is 0 Å². The molecule has 3 aromatic carbocycles. The van der Waals surface area contributed by atoms with Crippen molar-refractivity contribution >= 4 is 54.8 Å². The van der Waals surface area contributed by atoms with Crippen LogP contribution in [0.3, 0.4) is 0 Å². The van der Waals surface area contributed by atoms with Crippen molar-refractivity contribution in [3.63, 3.8) is 0 Å². The van der Waals surface area contributed by atoms with E-state index in [4.69, 9.17) is 21.7 Å². The molecule has 0 spiro atoms. The number of carbonyl (C=O) groups is 1. The molecule has 39 heavy (non-hydrogen) atoms. The summed E-state index contributed by atoms with van der Waals surface area (Å²) >= 11 is 5.05. The first kappa shape index (κ1) is 30.0. The number of carbonyl (C=O) groups excluding carboxylic acids is 1. The Balaban J connectivity index is 1.80. The van der Waals surface area contributed by atoms with Crippen LogP contribution in [0.4, 0.5) is 11.4 Å². The second kappa shape index (κ2) is 13.5. The second-order valence-corrected chi connectivity index (χ2v) is 11.9. The largest absolute Gasteiger partial charge is 0.471 e. The van der Waals surface area contributed by atoms with Crippen LogP contribution in [0.5, 0.6) is 0 Å². The van der Waals surface area contributed by atoms with E-state index in [1.165, 1.54) is 30.3 Å². The number of sulfonamides is 2. The van der Waals surface area contributed by atoms with Crippen molar-refractivity contribution in [3.8, 4) is 0 Å². The Morgan fingerprint density at radius 1 is 0.795 bits per heavy atom. The summed E-state index contributed by atoms with van der Waals surface area (Å²) in [4.78, 5) is 12.6. The van der Waals surface area contributed by atoms with E-state index in [9.17, 15) is 21.6 Å². The molecule has 3 rings (SSSR count). The highest BCUT2D eigenvalue weighted by atomic mass is 32.2. The van der Waals surface area contributed by atoms with Crippen LogP contribution >= 0.6 is 12.2 Å². The highest BCUT2D eigenvalue weighted by molar-refractivity contribution is 7.92. The Bertz CT molecular complexity index is 1510. The Hall–Kier alpha value is -3.52. The number of thiocarbonyl (C=S) groups is 1. The van der Waals surface area contributed by atoms with Crippen molar-refractivity contribution in [1.82, 2.24) is 4.72 Å². The minimum absolute atomic E-state index is 0.000418. The van der Waals surface area contributed by atoms with Gasteiger partial charge in [-0.1, -0.05) is 36.4 Å². The standard InChI is InChI=1S/C26H29N3O7S3/c1-3-35-25(30)24(29-38(31,32)22-13-6-5-7-14-22)17-19-10-8-12-21(16-19)28-39(33,34)23-15-9-11-20(18-23)27-26(37)36-4-2/h5-16,18,24,28-29H,3-4,17H2,1-2H3,(H,27,37). The molecule has 13 heteroatoms. The zero-order chi connectivity index (χ0) is 28.5. The first-order chi connectivity index (χ1) is 18.5. The molecule has 10 nitrogen and oxygen atoms in total. The molecule has 0 aromatic heterocycles. The fourth-order valence-corrected chi connectivity index (χ4v) is 6.04. The highest BCUT2D eigenvalue weighted by Crippen LogP contribution is 2.21. The van der Waals surface area contributed by atoms with Crippen molar-refractivity contribution in [2.45, 2.75) is 36.1 Å². The van der Waals surface area contributed by atoms with Crippen LogP contribution in [0, 0.1) is 0 Å². The lowest BCUT2D eigenvalue weighted by molar-refractivity contribution is -0.145. The molecule has 0 aliphatic carbocycles. The van der Waals surface area contributed by atoms with Gasteiger partial charge in [0.1, 0.15) is 6.04 Å². The molecule has 0 fully saturated rings. The van der Waals surface area contributed by atoms with Crippen molar-refractivity contribution in [3.05, 3.63) is 84.4 Å². The quantitative estimate of drug-likeness (QED) is 0.213. The van der Waals surface area contributed by atoms with Gasteiger partial charge in [-0.05, 0) is 80.5 Å². The summed E-state index contributed by atoms with van der Waals surface area (Å²) in [5, 5.41) is 2.94. The summed E-state index contributed by atoms with van der Waals surface area (Å²) in [5.74, 6) is -0.753. The summed E-state index contributed by atoms with van der Waals surface area (Å²) in [5.41, 5.74) is 1.17. The highest BCUT2D eigenvalue weighted by Gasteiger charge is 2.27. The summed E-state index contributed by atoms with van der Waals surface area (Å²) in [6.45, 7) is 3.82. The van der Waals surface area contributed by atoms with Crippen LogP contribution in [-0.4, -0.2) is 47.2 Å². The Morgan fingerprint density at radius 3 is 2.13 bits per heavy atom. The molecule has 1 atom stereocenters. The van der Waals surface area contributed by atoms with Gasteiger partial charge < -0.3 is 14.8 Å². The number of rotatable bonds is 12. The zero-order valence-electron chi connectivity index (χ0n) is 21.3. The molecule has 0 bridgehead atoms. The minimum atomic E-state index is -4.02. The maximum atomic E-state index is 13.1. The summed E-state index contributed by atoms with van der Waals surface area (Å²) in [7, 11) is -8.02. The number of esters is 1. The maximum absolute atomic E-state index is 13.1. The Kier molecular flexibility index (Phi) is 10.4. The number of anilines is 2. The van der Waals surface area contributed by atoms with E-state index in [-0.39, 0.29) is 33.7 Å². The molecule has 0 aliphatic rings. The van der Waals surface area contributed by atoms with Crippen molar-refractivity contribution < 1.29 is 31.1 Å². The minimum Gasteiger partial charge on any atom is -0.471 e. The van der Waals surface area contributed by atoms with Crippen LogP contribution in [0.2, 0.25) is 0 Å². The molecule has 3 aromatic rings.